The Morgan fingerprint density at radius 1 is 0.842 bits per heavy atom. The highest BCUT2D eigenvalue weighted by atomic mass is 16.5. The third kappa shape index (κ3) is 6.09. The van der Waals surface area contributed by atoms with Crippen LogP contribution in [0.5, 0.6) is 0 Å². The van der Waals surface area contributed by atoms with Gasteiger partial charge in [0.2, 0.25) is 0 Å². The molecule has 216 valence electrons. The summed E-state index contributed by atoms with van der Waals surface area (Å²) in [5, 5.41) is 8.76. The molecule has 4 aliphatic rings. The number of unbranched alkanes of at least 4 members (excludes halogenated alkanes) is 2. The van der Waals surface area contributed by atoms with Crippen molar-refractivity contribution in [2.75, 3.05) is 7.11 Å². The van der Waals surface area contributed by atoms with E-state index in [2.05, 4.69) is 20.8 Å². The summed E-state index contributed by atoms with van der Waals surface area (Å²) in [4.78, 5) is 34.9. The minimum absolute atomic E-state index is 0.0523. The lowest BCUT2D eigenvalue weighted by Gasteiger charge is -2.61. The Labute approximate surface area is 230 Å². The van der Waals surface area contributed by atoms with E-state index in [4.69, 9.17) is 14.6 Å². The molecule has 0 bridgehead atoms. The molecule has 4 rings (SSSR count). The molecule has 38 heavy (non-hydrogen) atoms. The monoisotopic (exact) mass is 532 g/mol. The van der Waals surface area contributed by atoms with E-state index < -0.39 is 5.97 Å². The second kappa shape index (κ2) is 12.3. The van der Waals surface area contributed by atoms with E-state index in [-0.39, 0.29) is 24.5 Å². The lowest BCUT2D eigenvalue weighted by Crippen LogP contribution is -2.54. The molecular weight excluding hydrogens is 480 g/mol. The number of methoxy groups -OCH3 is 1. The number of aliphatic carboxylic acids is 1. The molecule has 4 fully saturated rings. The second-order valence-corrected chi connectivity index (χ2v) is 13.8. The van der Waals surface area contributed by atoms with E-state index in [0.717, 1.165) is 49.9 Å². The van der Waals surface area contributed by atoms with Crippen LogP contribution in [-0.2, 0) is 23.9 Å². The first-order valence-electron chi connectivity index (χ1n) is 15.6. The van der Waals surface area contributed by atoms with Crippen LogP contribution in [0.15, 0.2) is 0 Å². The predicted molar refractivity (Wildman–Crippen MR) is 146 cm³/mol. The number of carboxylic acids is 1. The average molecular weight is 533 g/mol. The van der Waals surface area contributed by atoms with Crippen molar-refractivity contribution in [3.05, 3.63) is 0 Å². The van der Waals surface area contributed by atoms with Gasteiger partial charge in [0.25, 0.3) is 0 Å². The Hall–Kier alpha value is -1.59. The minimum atomic E-state index is -0.770. The van der Waals surface area contributed by atoms with Crippen LogP contribution in [-0.4, -0.2) is 36.2 Å². The van der Waals surface area contributed by atoms with Gasteiger partial charge < -0.3 is 14.6 Å². The molecule has 0 heterocycles. The van der Waals surface area contributed by atoms with E-state index >= 15 is 0 Å². The van der Waals surface area contributed by atoms with Gasteiger partial charge >= 0.3 is 17.9 Å². The average Bonchev–Trinajstić information content (AvgIpc) is 3.24. The maximum absolute atomic E-state index is 12.5. The molecule has 9 atom stereocenters. The molecule has 0 radical (unpaired) electrons. The van der Waals surface area contributed by atoms with Gasteiger partial charge in [-0.2, -0.15) is 0 Å². The first-order chi connectivity index (χ1) is 18.1. The second-order valence-electron chi connectivity index (χ2n) is 13.8. The summed E-state index contributed by atoms with van der Waals surface area (Å²) < 4.78 is 10.8. The van der Waals surface area contributed by atoms with Crippen molar-refractivity contribution in [3.63, 3.8) is 0 Å². The Bertz CT molecular complexity index is 855. The largest absolute Gasteiger partial charge is 0.481 e. The highest BCUT2D eigenvalue weighted by Crippen LogP contribution is 2.68. The molecule has 4 aliphatic carbocycles. The van der Waals surface area contributed by atoms with Gasteiger partial charge in [-0.25, -0.2) is 0 Å². The Kier molecular flexibility index (Phi) is 9.51. The Morgan fingerprint density at radius 2 is 1.55 bits per heavy atom. The number of fused-ring (bicyclic) bond motifs is 5. The predicted octanol–water partition coefficient (Wildman–Crippen LogP) is 7.18. The maximum Gasteiger partial charge on any atom is 0.306 e. The van der Waals surface area contributed by atoms with E-state index in [1.165, 1.54) is 45.6 Å². The van der Waals surface area contributed by atoms with E-state index in [1.807, 2.05) is 0 Å². The topological polar surface area (TPSA) is 89.9 Å². The van der Waals surface area contributed by atoms with Gasteiger partial charge in [-0.15, -0.1) is 0 Å². The number of esters is 2. The number of hydrogen-bond donors (Lipinski definition) is 1. The van der Waals surface area contributed by atoms with E-state index in [1.54, 1.807) is 0 Å². The summed E-state index contributed by atoms with van der Waals surface area (Å²) in [7, 11) is 1.49. The number of rotatable bonds is 11. The molecule has 4 saturated carbocycles. The number of ether oxygens (including phenoxy) is 2. The lowest BCUT2D eigenvalue weighted by molar-refractivity contribution is -0.162. The van der Waals surface area contributed by atoms with Crippen molar-refractivity contribution < 1.29 is 29.0 Å². The van der Waals surface area contributed by atoms with Crippen molar-refractivity contribution in [3.8, 4) is 0 Å². The highest BCUT2D eigenvalue weighted by Gasteiger charge is 2.60. The van der Waals surface area contributed by atoms with Crippen LogP contribution in [0.25, 0.3) is 0 Å². The van der Waals surface area contributed by atoms with Gasteiger partial charge in [-0.3, -0.25) is 14.4 Å². The van der Waals surface area contributed by atoms with Gasteiger partial charge in [0.05, 0.1) is 7.11 Å². The Balaban J connectivity index is 1.30. The summed E-state index contributed by atoms with van der Waals surface area (Å²) in [6.07, 6.45) is 15.2. The first kappa shape index (κ1) is 29.4. The summed E-state index contributed by atoms with van der Waals surface area (Å²) >= 11 is 0. The molecule has 0 amide bonds. The highest BCUT2D eigenvalue weighted by molar-refractivity contribution is 5.69. The summed E-state index contributed by atoms with van der Waals surface area (Å²) in [5.74, 6) is 3.38. The fourth-order valence-corrected chi connectivity index (χ4v) is 9.92. The van der Waals surface area contributed by atoms with E-state index in [0.29, 0.717) is 54.3 Å². The van der Waals surface area contributed by atoms with Crippen LogP contribution in [0, 0.1) is 46.3 Å². The molecule has 0 aromatic carbocycles. The van der Waals surface area contributed by atoms with Gasteiger partial charge in [0.15, 0.2) is 0 Å². The van der Waals surface area contributed by atoms with Crippen molar-refractivity contribution >= 4 is 17.9 Å². The van der Waals surface area contributed by atoms with Gasteiger partial charge in [-0.05, 0) is 123 Å². The van der Waals surface area contributed by atoms with Crippen LogP contribution in [0.3, 0.4) is 0 Å². The molecule has 0 unspecified atom stereocenters. The number of hydrogen-bond acceptors (Lipinski definition) is 5. The zero-order chi connectivity index (χ0) is 27.5. The maximum atomic E-state index is 12.5. The number of carbonyl (C=O) groups is 3. The smallest absolute Gasteiger partial charge is 0.306 e. The lowest BCUT2D eigenvalue weighted by atomic mass is 9.44. The molecular formula is C32H52O6. The summed E-state index contributed by atoms with van der Waals surface area (Å²) in [6.45, 7) is 7.50. The normalized spacial score (nSPS) is 38.8. The quantitative estimate of drug-likeness (QED) is 0.224. The zero-order valence-electron chi connectivity index (χ0n) is 24.3. The van der Waals surface area contributed by atoms with E-state index in [9.17, 15) is 14.4 Å². The molecule has 1 N–H and O–H groups in total. The van der Waals surface area contributed by atoms with Crippen LogP contribution in [0.1, 0.15) is 124 Å². The van der Waals surface area contributed by atoms with Crippen LogP contribution in [0.4, 0.5) is 0 Å². The molecule has 6 heteroatoms. The fourth-order valence-electron chi connectivity index (χ4n) is 9.92. The van der Waals surface area contributed by atoms with Gasteiger partial charge in [0, 0.05) is 19.3 Å². The molecule has 0 aromatic rings. The molecule has 0 aliphatic heterocycles. The van der Waals surface area contributed by atoms with Crippen LogP contribution < -0.4 is 0 Å². The van der Waals surface area contributed by atoms with Crippen molar-refractivity contribution in [1.82, 2.24) is 0 Å². The first-order valence-corrected chi connectivity index (χ1v) is 15.6. The SMILES string of the molecule is COC(=O)CC[C@@H](C)[C@H]1CC[C@H]2[C@@H]3CC[C@@H]4C[C@@H](OC(=O)CCCCCC(=O)O)CC[C@]4(C)[C@H]3CC[C@]12C. The van der Waals surface area contributed by atoms with Gasteiger partial charge in [-0.1, -0.05) is 27.2 Å². The van der Waals surface area contributed by atoms with Crippen molar-refractivity contribution in [1.29, 1.82) is 0 Å². The molecule has 0 saturated heterocycles. The van der Waals surface area contributed by atoms with Gasteiger partial charge in [0.1, 0.15) is 6.10 Å². The molecule has 6 nitrogen and oxygen atoms in total. The molecule has 0 aromatic heterocycles. The van der Waals surface area contributed by atoms with Crippen LogP contribution in [0.2, 0.25) is 0 Å². The standard InChI is InChI=1S/C32H52O6/c1-21(10-15-29(35)37-4)25-13-14-26-24-12-11-22-20-23(38-30(36)9-7-5-6-8-28(33)34)16-18-31(22,2)27(24)17-19-32(25,26)3/h21-27H,5-20H2,1-4H3,(H,33,34)/t21-,22-,23+,24+,25-,26+,27+,31+,32-/m1/s1. The summed E-state index contributed by atoms with van der Waals surface area (Å²) in [6, 6.07) is 0. The third-order valence-corrected chi connectivity index (χ3v) is 12.0. The zero-order valence-corrected chi connectivity index (χ0v) is 24.3. The third-order valence-electron chi connectivity index (χ3n) is 12.0. The minimum Gasteiger partial charge on any atom is -0.481 e. The number of carbonyl (C=O) groups excluding carboxylic acids is 2. The molecule has 0 spiro atoms. The summed E-state index contributed by atoms with van der Waals surface area (Å²) in [5.41, 5.74) is 0.760. The van der Waals surface area contributed by atoms with Crippen molar-refractivity contribution in [2.24, 2.45) is 46.3 Å². The van der Waals surface area contributed by atoms with Crippen molar-refractivity contribution in [2.45, 2.75) is 130 Å². The fraction of sp³-hybridized carbons (Fsp3) is 0.906. The van der Waals surface area contributed by atoms with Crippen LogP contribution >= 0.6 is 0 Å². The number of carboxylic acid groups (broad SMARTS) is 1. The Morgan fingerprint density at radius 3 is 2.29 bits per heavy atom.